The molecule has 0 saturated heterocycles. The second-order valence-corrected chi connectivity index (χ2v) is 4.31. The molecule has 0 unspecified atom stereocenters. The van der Waals surface area contributed by atoms with Crippen LogP contribution >= 0.6 is 12.2 Å². The molecular weight excluding hydrogens is 280 g/mol. The van der Waals surface area contributed by atoms with Gasteiger partial charge in [0.25, 0.3) is 4.84 Å². The van der Waals surface area contributed by atoms with E-state index in [2.05, 4.69) is 4.98 Å². The lowest BCUT2D eigenvalue weighted by atomic mass is 10.3. The molecule has 0 aliphatic heterocycles. The standard InChI is InChI=1S/C7H5NO2S.C6H7NO2/c9-4-1-2-5-6(3-4)10-7(11)8-5;7-5-2-1-4(8)3-6(5)9/h1-3,9H,(H,8,11);1-3,8-9H,7H2. The Balaban J connectivity index is 0.000000151. The molecule has 7 heteroatoms. The van der Waals surface area contributed by atoms with Gasteiger partial charge in [-0.25, -0.2) is 0 Å². The molecule has 1 heterocycles. The van der Waals surface area contributed by atoms with Crippen molar-refractivity contribution in [2.45, 2.75) is 0 Å². The number of hydrogen-bond acceptors (Lipinski definition) is 6. The maximum absolute atomic E-state index is 9.03. The van der Waals surface area contributed by atoms with Gasteiger partial charge >= 0.3 is 0 Å². The minimum Gasteiger partial charge on any atom is -0.508 e. The molecule has 3 aromatic rings. The van der Waals surface area contributed by atoms with Crippen molar-refractivity contribution in [1.29, 1.82) is 0 Å². The van der Waals surface area contributed by atoms with Crippen molar-refractivity contribution in [2.24, 2.45) is 0 Å². The van der Waals surface area contributed by atoms with Crippen molar-refractivity contribution < 1.29 is 19.7 Å². The Morgan fingerprint density at radius 3 is 2.30 bits per heavy atom. The van der Waals surface area contributed by atoms with E-state index in [1.807, 2.05) is 0 Å². The number of aromatic hydroxyl groups is 3. The molecule has 0 saturated carbocycles. The zero-order chi connectivity index (χ0) is 14.7. The minimum atomic E-state index is -0.0880. The molecule has 0 fully saturated rings. The molecule has 0 aliphatic carbocycles. The number of anilines is 1. The predicted octanol–water partition coefficient (Wildman–Crippen LogP) is 2.88. The number of oxazole rings is 1. The van der Waals surface area contributed by atoms with Crippen molar-refractivity contribution in [3.05, 3.63) is 41.2 Å². The van der Waals surface area contributed by atoms with Crippen LogP contribution in [0.3, 0.4) is 0 Å². The number of nitrogens with one attached hydrogen (secondary N) is 1. The summed E-state index contributed by atoms with van der Waals surface area (Å²) in [5.41, 5.74) is 6.88. The number of nitrogen functional groups attached to an aromatic ring is 1. The van der Waals surface area contributed by atoms with Crippen molar-refractivity contribution >= 4 is 29.0 Å². The lowest BCUT2D eigenvalue weighted by molar-refractivity contribution is 0.452. The highest BCUT2D eigenvalue weighted by Crippen LogP contribution is 2.23. The number of fused-ring (bicyclic) bond motifs is 1. The summed E-state index contributed by atoms with van der Waals surface area (Å²) < 4.78 is 5.05. The van der Waals surface area contributed by atoms with Gasteiger partial charge in [-0.15, -0.1) is 0 Å². The Hall–Kier alpha value is -2.67. The summed E-state index contributed by atoms with van der Waals surface area (Å²) in [5, 5.41) is 26.6. The first-order chi connectivity index (χ1) is 9.45. The van der Waals surface area contributed by atoms with Gasteiger partial charge < -0.3 is 30.5 Å². The van der Waals surface area contributed by atoms with Gasteiger partial charge in [-0.3, -0.25) is 0 Å². The van der Waals surface area contributed by atoms with Crippen molar-refractivity contribution in [3.63, 3.8) is 0 Å². The van der Waals surface area contributed by atoms with E-state index in [-0.39, 0.29) is 22.9 Å². The molecule has 0 aliphatic rings. The van der Waals surface area contributed by atoms with Gasteiger partial charge in [-0.2, -0.15) is 0 Å². The summed E-state index contributed by atoms with van der Waals surface area (Å²) in [6, 6.07) is 8.84. The summed E-state index contributed by atoms with van der Waals surface area (Å²) >= 11 is 4.75. The zero-order valence-corrected chi connectivity index (χ0v) is 11.0. The monoisotopic (exact) mass is 292 g/mol. The zero-order valence-electron chi connectivity index (χ0n) is 10.2. The topological polar surface area (TPSA) is 116 Å². The number of aromatic amines is 1. The van der Waals surface area contributed by atoms with Crippen LogP contribution in [0.15, 0.2) is 40.8 Å². The summed E-state index contributed by atoms with van der Waals surface area (Å²) in [4.78, 5) is 3.15. The average Bonchev–Trinajstić information content (AvgIpc) is 2.74. The fourth-order valence-corrected chi connectivity index (χ4v) is 1.67. The number of H-pyrrole nitrogens is 1. The fourth-order valence-electron chi connectivity index (χ4n) is 1.47. The Morgan fingerprint density at radius 2 is 1.65 bits per heavy atom. The largest absolute Gasteiger partial charge is 0.508 e. The van der Waals surface area contributed by atoms with Crippen LogP contribution in [-0.4, -0.2) is 20.3 Å². The van der Waals surface area contributed by atoms with E-state index in [0.29, 0.717) is 10.4 Å². The van der Waals surface area contributed by atoms with Crippen LogP contribution in [0.2, 0.25) is 0 Å². The summed E-state index contributed by atoms with van der Waals surface area (Å²) in [6.45, 7) is 0. The normalized spacial score (nSPS) is 10.0. The highest BCUT2D eigenvalue weighted by molar-refractivity contribution is 7.71. The molecule has 0 radical (unpaired) electrons. The number of nitrogens with two attached hydrogens (primary N) is 1. The van der Waals surface area contributed by atoms with Gasteiger partial charge in [0.15, 0.2) is 5.58 Å². The van der Waals surface area contributed by atoms with E-state index in [1.165, 1.54) is 24.3 Å². The predicted molar refractivity (Wildman–Crippen MR) is 77.2 cm³/mol. The van der Waals surface area contributed by atoms with Crippen LogP contribution in [0.25, 0.3) is 11.1 Å². The van der Waals surface area contributed by atoms with E-state index < -0.39 is 0 Å². The quantitative estimate of drug-likeness (QED) is 0.188. The van der Waals surface area contributed by atoms with Gasteiger partial charge in [0.05, 0.1) is 11.2 Å². The van der Waals surface area contributed by atoms with Gasteiger partial charge in [0.2, 0.25) is 0 Å². The molecule has 0 spiro atoms. The average molecular weight is 292 g/mol. The Bertz CT molecular complexity index is 794. The number of rotatable bonds is 0. The third-order valence-corrected chi connectivity index (χ3v) is 2.60. The molecule has 0 atom stereocenters. The molecule has 3 rings (SSSR count). The third kappa shape index (κ3) is 3.21. The molecule has 20 heavy (non-hydrogen) atoms. The third-order valence-electron chi connectivity index (χ3n) is 2.42. The highest BCUT2D eigenvalue weighted by Gasteiger charge is 1.98. The van der Waals surface area contributed by atoms with Gasteiger partial charge in [-0.1, -0.05) is 0 Å². The minimum absolute atomic E-state index is 0.0155. The van der Waals surface area contributed by atoms with Crippen LogP contribution in [0.5, 0.6) is 17.2 Å². The molecule has 0 amide bonds. The SMILES string of the molecule is Nc1ccc(O)cc1O.Oc1ccc2[nH]c(=S)oc2c1. The lowest BCUT2D eigenvalue weighted by Crippen LogP contribution is -1.82. The molecule has 104 valence electrons. The Kier molecular flexibility index (Phi) is 3.81. The van der Waals surface area contributed by atoms with Crippen LogP contribution < -0.4 is 5.73 Å². The summed E-state index contributed by atoms with van der Waals surface area (Å²) in [7, 11) is 0. The smallest absolute Gasteiger partial charge is 0.266 e. The molecule has 1 aromatic heterocycles. The first kappa shape index (κ1) is 13.8. The van der Waals surface area contributed by atoms with Crippen molar-refractivity contribution in [1.82, 2.24) is 4.98 Å². The maximum Gasteiger partial charge on any atom is 0.266 e. The first-order valence-electron chi connectivity index (χ1n) is 5.55. The molecule has 0 bridgehead atoms. The van der Waals surface area contributed by atoms with Gasteiger partial charge in [-0.05, 0) is 36.5 Å². The number of phenols is 3. The van der Waals surface area contributed by atoms with Crippen molar-refractivity contribution in [2.75, 3.05) is 5.73 Å². The van der Waals surface area contributed by atoms with Crippen LogP contribution in [0.1, 0.15) is 0 Å². The van der Waals surface area contributed by atoms with E-state index in [4.69, 9.17) is 37.7 Å². The van der Waals surface area contributed by atoms with Gasteiger partial charge in [0.1, 0.15) is 17.2 Å². The van der Waals surface area contributed by atoms with E-state index in [0.717, 1.165) is 5.52 Å². The molecular formula is C13H12N2O4S. The van der Waals surface area contributed by atoms with Crippen LogP contribution in [0.4, 0.5) is 5.69 Å². The first-order valence-corrected chi connectivity index (χ1v) is 5.96. The number of aromatic nitrogens is 1. The second-order valence-electron chi connectivity index (χ2n) is 3.94. The van der Waals surface area contributed by atoms with E-state index >= 15 is 0 Å². The fraction of sp³-hybridized carbons (Fsp3) is 0. The number of phenolic OH excluding ortho intramolecular Hbond substituents is 3. The summed E-state index contributed by atoms with van der Waals surface area (Å²) in [6.07, 6.45) is 0. The maximum atomic E-state index is 9.03. The van der Waals surface area contributed by atoms with E-state index in [1.54, 1.807) is 12.1 Å². The van der Waals surface area contributed by atoms with E-state index in [9.17, 15) is 0 Å². The number of hydrogen-bond donors (Lipinski definition) is 5. The number of benzene rings is 2. The molecule has 6 nitrogen and oxygen atoms in total. The Labute approximate surface area is 118 Å². The second kappa shape index (κ2) is 5.54. The van der Waals surface area contributed by atoms with Crippen molar-refractivity contribution in [3.8, 4) is 17.2 Å². The van der Waals surface area contributed by atoms with Gasteiger partial charge in [0, 0.05) is 12.1 Å². The molecule has 2 aromatic carbocycles. The highest BCUT2D eigenvalue weighted by atomic mass is 32.1. The summed E-state index contributed by atoms with van der Waals surface area (Å²) in [5.74, 6) is 0.104. The lowest BCUT2D eigenvalue weighted by Gasteiger charge is -1.96. The molecule has 6 N–H and O–H groups in total. The van der Waals surface area contributed by atoms with Crippen LogP contribution in [0, 0.1) is 4.84 Å². The van der Waals surface area contributed by atoms with Crippen LogP contribution in [-0.2, 0) is 0 Å². The Morgan fingerprint density at radius 1 is 1.00 bits per heavy atom.